The minimum Gasteiger partial charge on any atom is -0.383 e. The lowest BCUT2D eigenvalue weighted by atomic mass is 10.00. The SMILES string of the molecule is CCNC(=NCc1ccc(Br)cc1Cl)NCC(C)(O)c1cnn(C)c1. The summed E-state index contributed by atoms with van der Waals surface area (Å²) in [7, 11) is 1.82. The Morgan fingerprint density at radius 3 is 2.80 bits per heavy atom. The summed E-state index contributed by atoms with van der Waals surface area (Å²) >= 11 is 9.62. The first kappa shape index (κ1) is 19.8. The average Bonchev–Trinajstić information content (AvgIpc) is 2.99. The van der Waals surface area contributed by atoms with Gasteiger partial charge < -0.3 is 15.7 Å². The van der Waals surface area contributed by atoms with Gasteiger partial charge in [-0.25, -0.2) is 4.99 Å². The molecule has 0 aliphatic heterocycles. The Balaban J connectivity index is 2.04. The largest absolute Gasteiger partial charge is 0.383 e. The summed E-state index contributed by atoms with van der Waals surface area (Å²) in [5.74, 6) is 0.616. The topological polar surface area (TPSA) is 74.5 Å². The highest BCUT2D eigenvalue weighted by Crippen LogP contribution is 2.22. The summed E-state index contributed by atoms with van der Waals surface area (Å²) in [6.07, 6.45) is 3.46. The first-order valence-corrected chi connectivity index (χ1v) is 9.16. The van der Waals surface area contributed by atoms with Crippen LogP contribution in [0.15, 0.2) is 40.1 Å². The van der Waals surface area contributed by atoms with Gasteiger partial charge in [-0.1, -0.05) is 33.6 Å². The third kappa shape index (κ3) is 5.73. The molecule has 1 aromatic heterocycles. The molecule has 0 aliphatic carbocycles. The molecule has 0 bridgehead atoms. The van der Waals surface area contributed by atoms with Gasteiger partial charge in [-0.2, -0.15) is 5.10 Å². The lowest BCUT2D eigenvalue weighted by Crippen LogP contribution is -2.44. The van der Waals surface area contributed by atoms with Crippen LogP contribution in [-0.4, -0.2) is 33.9 Å². The van der Waals surface area contributed by atoms with Crippen molar-refractivity contribution in [3.8, 4) is 0 Å². The summed E-state index contributed by atoms with van der Waals surface area (Å²) in [5.41, 5.74) is 0.620. The second kappa shape index (κ2) is 8.69. The van der Waals surface area contributed by atoms with Gasteiger partial charge in [0.2, 0.25) is 0 Å². The highest BCUT2D eigenvalue weighted by Gasteiger charge is 2.24. The number of aryl methyl sites for hydroxylation is 1. The predicted molar refractivity (Wildman–Crippen MR) is 105 cm³/mol. The van der Waals surface area contributed by atoms with Crippen molar-refractivity contribution in [2.45, 2.75) is 26.0 Å². The molecule has 8 heteroatoms. The van der Waals surface area contributed by atoms with E-state index in [0.717, 1.165) is 22.1 Å². The van der Waals surface area contributed by atoms with Gasteiger partial charge in [-0.15, -0.1) is 0 Å². The minimum absolute atomic E-state index is 0.304. The van der Waals surface area contributed by atoms with E-state index in [2.05, 4.69) is 36.7 Å². The molecule has 0 saturated carbocycles. The standard InChI is InChI=1S/C17H23BrClN5O/c1-4-20-16(21-8-12-5-6-14(18)7-15(12)19)22-11-17(2,25)13-9-23-24(3)10-13/h5-7,9-10,25H,4,8,11H2,1-3H3,(H2,20,21,22). The summed E-state index contributed by atoms with van der Waals surface area (Å²) in [4.78, 5) is 4.54. The number of benzene rings is 1. The molecule has 3 N–H and O–H groups in total. The van der Waals surface area contributed by atoms with E-state index in [9.17, 15) is 5.11 Å². The maximum atomic E-state index is 10.7. The fraction of sp³-hybridized carbons (Fsp3) is 0.412. The van der Waals surface area contributed by atoms with E-state index in [1.807, 2.05) is 32.2 Å². The summed E-state index contributed by atoms with van der Waals surface area (Å²) in [6, 6.07) is 5.72. The van der Waals surface area contributed by atoms with Crippen LogP contribution in [0, 0.1) is 0 Å². The fourth-order valence-corrected chi connectivity index (χ4v) is 2.95. The second-order valence-electron chi connectivity index (χ2n) is 5.96. The van der Waals surface area contributed by atoms with Crippen molar-refractivity contribution in [1.82, 2.24) is 20.4 Å². The van der Waals surface area contributed by atoms with Gasteiger partial charge >= 0.3 is 0 Å². The van der Waals surface area contributed by atoms with Crippen LogP contribution in [-0.2, 0) is 19.2 Å². The zero-order valence-corrected chi connectivity index (χ0v) is 16.9. The van der Waals surface area contributed by atoms with E-state index in [-0.39, 0.29) is 0 Å². The lowest BCUT2D eigenvalue weighted by Gasteiger charge is -2.23. The molecule has 1 atom stereocenters. The molecule has 1 unspecified atom stereocenters. The number of nitrogens with one attached hydrogen (secondary N) is 2. The van der Waals surface area contributed by atoms with Gasteiger partial charge in [-0.3, -0.25) is 4.68 Å². The third-order valence-corrected chi connectivity index (χ3v) is 4.54. The second-order valence-corrected chi connectivity index (χ2v) is 7.28. The number of aromatic nitrogens is 2. The number of halogens is 2. The number of aliphatic imine (C=N–C) groups is 1. The van der Waals surface area contributed by atoms with Gasteiger partial charge in [0.25, 0.3) is 0 Å². The van der Waals surface area contributed by atoms with Gasteiger partial charge in [0.1, 0.15) is 5.60 Å². The van der Waals surface area contributed by atoms with E-state index in [1.54, 1.807) is 24.0 Å². The van der Waals surface area contributed by atoms with Crippen LogP contribution in [0.2, 0.25) is 5.02 Å². The van der Waals surface area contributed by atoms with Crippen LogP contribution in [0.25, 0.3) is 0 Å². The van der Waals surface area contributed by atoms with Crippen LogP contribution >= 0.6 is 27.5 Å². The molecule has 2 aromatic rings. The molecular weight excluding hydrogens is 406 g/mol. The fourth-order valence-electron chi connectivity index (χ4n) is 2.21. The molecule has 0 aliphatic rings. The maximum absolute atomic E-state index is 10.7. The van der Waals surface area contributed by atoms with Crippen LogP contribution in [0.4, 0.5) is 0 Å². The Kier molecular flexibility index (Phi) is 6.87. The first-order valence-electron chi connectivity index (χ1n) is 7.99. The summed E-state index contributed by atoms with van der Waals surface area (Å²) in [6.45, 7) is 5.19. The van der Waals surface area contributed by atoms with Gasteiger partial charge in [-0.05, 0) is 31.5 Å². The number of hydrogen-bond donors (Lipinski definition) is 3. The molecule has 0 spiro atoms. The van der Waals surface area contributed by atoms with Gasteiger partial charge in [0.05, 0.1) is 19.3 Å². The molecule has 0 fully saturated rings. The highest BCUT2D eigenvalue weighted by atomic mass is 79.9. The summed E-state index contributed by atoms with van der Waals surface area (Å²) < 4.78 is 2.60. The molecule has 0 saturated heterocycles. The molecule has 6 nitrogen and oxygen atoms in total. The number of guanidine groups is 1. The Morgan fingerprint density at radius 1 is 1.44 bits per heavy atom. The zero-order chi connectivity index (χ0) is 18.4. The van der Waals surface area contributed by atoms with E-state index >= 15 is 0 Å². The first-order chi connectivity index (χ1) is 11.8. The van der Waals surface area contributed by atoms with Gasteiger partial charge in [0, 0.05) is 34.8 Å². The van der Waals surface area contributed by atoms with Gasteiger partial charge in [0.15, 0.2) is 5.96 Å². The maximum Gasteiger partial charge on any atom is 0.191 e. The molecule has 136 valence electrons. The third-order valence-electron chi connectivity index (χ3n) is 3.69. The van der Waals surface area contributed by atoms with Crippen molar-refractivity contribution in [3.05, 3.63) is 51.2 Å². The molecular formula is C17H23BrClN5O. The normalized spacial score (nSPS) is 14.2. The Hall–Kier alpha value is -1.57. The summed E-state index contributed by atoms with van der Waals surface area (Å²) in [5, 5.41) is 21.8. The number of nitrogens with zero attached hydrogens (tertiary/aromatic N) is 3. The molecule has 1 aromatic carbocycles. The smallest absolute Gasteiger partial charge is 0.191 e. The van der Waals surface area contributed by atoms with E-state index in [4.69, 9.17) is 11.6 Å². The van der Waals surface area contributed by atoms with E-state index in [1.165, 1.54) is 0 Å². The average molecular weight is 429 g/mol. The highest BCUT2D eigenvalue weighted by molar-refractivity contribution is 9.10. The quantitative estimate of drug-likeness (QED) is 0.488. The molecule has 2 rings (SSSR count). The predicted octanol–water partition coefficient (Wildman–Crippen LogP) is 2.80. The van der Waals surface area contributed by atoms with E-state index in [0.29, 0.717) is 24.1 Å². The monoisotopic (exact) mass is 427 g/mol. The van der Waals surface area contributed by atoms with Crippen LogP contribution in [0.5, 0.6) is 0 Å². The van der Waals surface area contributed by atoms with Crippen LogP contribution in [0.1, 0.15) is 25.0 Å². The van der Waals surface area contributed by atoms with Crippen molar-refractivity contribution < 1.29 is 5.11 Å². The molecule has 0 amide bonds. The number of aliphatic hydroxyl groups is 1. The van der Waals surface area contributed by atoms with Crippen molar-refractivity contribution >= 4 is 33.5 Å². The van der Waals surface area contributed by atoms with Crippen LogP contribution in [0.3, 0.4) is 0 Å². The minimum atomic E-state index is -1.06. The lowest BCUT2D eigenvalue weighted by molar-refractivity contribution is 0.0616. The Labute approximate surface area is 161 Å². The Morgan fingerprint density at radius 2 is 2.20 bits per heavy atom. The Bertz CT molecular complexity index is 744. The number of hydrogen-bond acceptors (Lipinski definition) is 3. The molecule has 1 heterocycles. The van der Waals surface area contributed by atoms with Crippen molar-refractivity contribution in [2.24, 2.45) is 12.0 Å². The molecule has 25 heavy (non-hydrogen) atoms. The van der Waals surface area contributed by atoms with Crippen molar-refractivity contribution in [2.75, 3.05) is 13.1 Å². The van der Waals surface area contributed by atoms with E-state index < -0.39 is 5.60 Å². The number of rotatable bonds is 6. The zero-order valence-electron chi connectivity index (χ0n) is 14.6. The van der Waals surface area contributed by atoms with Crippen molar-refractivity contribution in [1.29, 1.82) is 0 Å². The van der Waals surface area contributed by atoms with Crippen LogP contribution < -0.4 is 10.6 Å². The van der Waals surface area contributed by atoms with Crippen molar-refractivity contribution in [3.63, 3.8) is 0 Å². The molecule has 0 radical (unpaired) electrons.